The lowest BCUT2D eigenvalue weighted by Gasteiger charge is -2.08. The predicted octanol–water partition coefficient (Wildman–Crippen LogP) is 2.38. The van der Waals surface area contributed by atoms with Crippen molar-refractivity contribution in [1.82, 2.24) is 9.78 Å². The van der Waals surface area contributed by atoms with E-state index >= 15 is 0 Å². The lowest BCUT2D eigenvalue weighted by atomic mass is 10.0. The summed E-state index contributed by atoms with van der Waals surface area (Å²) >= 11 is 0. The van der Waals surface area contributed by atoms with Crippen molar-refractivity contribution in [2.45, 2.75) is 19.8 Å². The van der Waals surface area contributed by atoms with E-state index in [1.54, 1.807) is 7.05 Å². The summed E-state index contributed by atoms with van der Waals surface area (Å²) in [6.07, 6.45) is 1.47. The molecule has 5 heteroatoms. The Bertz CT molecular complexity index is 584. The smallest absolute Gasteiger partial charge is 0.261 e. The Morgan fingerprint density at radius 3 is 2.42 bits per heavy atom. The van der Waals surface area contributed by atoms with Gasteiger partial charge in [0, 0.05) is 12.7 Å². The monoisotopic (exact) mass is 258 g/mol. The second-order valence-electron chi connectivity index (χ2n) is 4.80. The van der Waals surface area contributed by atoms with Gasteiger partial charge in [0.15, 0.2) is 0 Å². The van der Waals surface area contributed by atoms with Crippen molar-refractivity contribution in [2.24, 2.45) is 7.05 Å². The zero-order valence-electron chi connectivity index (χ0n) is 11.3. The van der Waals surface area contributed by atoms with E-state index in [4.69, 9.17) is 5.73 Å². The van der Waals surface area contributed by atoms with Crippen LogP contribution in [-0.2, 0) is 7.05 Å². The molecule has 0 fully saturated rings. The number of nitrogen functional groups attached to an aromatic ring is 1. The van der Waals surface area contributed by atoms with Gasteiger partial charge < -0.3 is 11.1 Å². The number of nitrogens with one attached hydrogen (secondary N) is 1. The summed E-state index contributed by atoms with van der Waals surface area (Å²) in [7, 11) is 1.70. The number of aryl methyl sites for hydroxylation is 1. The molecular formula is C14H18N4O. The second kappa shape index (κ2) is 5.14. The quantitative estimate of drug-likeness (QED) is 0.887. The van der Waals surface area contributed by atoms with Crippen LogP contribution in [0.2, 0.25) is 0 Å². The van der Waals surface area contributed by atoms with Crippen LogP contribution in [0.5, 0.6) is 0 Å². The molecule has 0 spiro atoms. The Balaban J connectivity index is 2.13. The van der Waals surface area contributed by atoms with E-state index in [2.05, 4.69) is 24.3 Å². The molecule has 0 aliphatic rings. The van der Waals surface area contributed by atoms with Crippen LogP contribution in [-0.4, -0.2) is 15.7 Å². The summed E-state index contributed by atoms with van der Waals surface area (Å²) in [6, 6.07) is 7.79. The number of nitrogens with zero attached hydrogens (tertiary/aromatic N) is 2. The maximum Gasteiger partial charge on any atom is 0.261 e. The summed E-state index contributed by atoms with van der Waals surface area (Å²) in [5, 5.41) is 6.75. The van der Waals surface area contributed by atoms with E-state index in [-0.39, 0.29) is 5.91 Å². The maximum atomic E-state index is 12.0. The number of nitrogens with two attached hydrogens (primary N) is 1. The third-order valence-electron chi connectivity index (χ3n) is 3.06. The fraction of sp³-hybridized carbons (Fsp3) is 0.286. The molecular weight excluding hydrogens is 240 g/mol. The highest BCUT2D eigenvalue weighted by molar-refractivity contribution is 6.07. The molecule has 3 N–H and O–H groups in total. The van der Waals surface area contributed by atoms with E-state index in [1.165, 1.54) is 16.4 Å². The van der Waals surface area contributed by atoms with Gasteiger partial charge in [0.2, 0.25) is 0 Å². The highest BCUT2D eigenvalue weighted by atomic mass is 16.1. The molecule has 0 radical (unpaired) electrons. The van der Waals surface area contributed by atoms with Crippen LogP contribution < -0.4 is 11.1 Å². The highest BCUT2D eigenvalue weighted by Crippen LogP contribution is 2.18. The van der Waals surface area contributed by atoms with Crippen molar-refractivity contribution < 1.29 is 4.79 Å². The van der Waals surface area contributed by atoms with E-state index in [9.17, 15) is 4.79 Å². The van der Waals surface area contributed by atoms with Gasteiger partial charge in [-0.05, 0) is 23.6 Å². The number of benzene rings is 1. The lowest BCUT2D eigenvalue weighted by Crippen LogP contribution is -2.13. The summed E-state index contributed by atoms with van der Waals surface area (Å²) < 4.78 is 1.47. The van der Waals surface area contributed by atoms with Gasteiger partial charge in [-0.2, -0.15) is 5.10 Å². The average molecular weight is 258 g/mol. The molecule has 0 unspecified atom stereocenters. The molecule has 0 aliphatic carbocycles. The van der Waals surface area contributed by atoms with Crippen LogP contribution in [0.1, 0.15) is 35.7 Å². The van der Waals surface area contributed by atoms with Gasteiger partial charge in [0.1, 0.15) is 11.4 Å². The minimum atomic E-state index is -0.247. The number of amides is 1. The summed E-state index contributed by atoms with van der Waals surface area (Å²) in [4.78, 5) is 12.0. The number of carbonyl (C=O) groups is 1. The number of hydrogen-bond acceptors (Lipinski definition) is 3. The van der Waals surface area contributed by atoms with E-state index in [0.717, 1.165) is 5.69 Å². The minimum Gasteiger partial charge on any atom is -0.383 e. The number of aromatic nitrogens is 2. The Kier molecular flexibility index (Phi) is 3.55. The molecule has 1 amide bonds. The van der Waals surface area contributed by atoms with Crippen molar-refractivity contribution >= 4 is 17.4 Å². The molecule has 1 aromatic heterocycles. The van der Waals surface area contributed by atoms with Gasteiger partial charge in [-0.25, -0.2) is 0 Å². The Morgan fingerprint density at radius 2 is 1.95 bits per heavy atom. The third-order valence-corrected chi connectivity index (χ3v) is 3.06. The Labute approximate surface area is 112 Å². The van der Waals surface area contributed by atoms with Crippen LogP contribution in [0.25, 0.3) is 0 Å². The van der Waals surface area contributed by atoms with Crippen molar-refractivity contribution in [2.75, 3.05) is 11.1 Å². The second-order valence-corrected chi connectivity index (χ2v) is 4.80. The van der Waals surface area contributed by atoms with Gasteiger partial charge in [-0.1, -0.05) is 26.0 Å². The summed E-state index contributed by atoms with van der Waals surface area (Å²) in [6.45, 7) is 4.26. The highest BCUT2D eigenvalue weighted by Gasteiger charge is 2.13. The molecule has 100 valence electrons. The molecule has 0 atom stereocenters. The Morgan fingerprint density at radius 1 is 1.32 bits per heavy atom. The molecule has 2 aromatic rings. The van der Waals surface area contributed by atoms with E-state index in [1.807, 2.05) is 24.3 Å². The zero-order valence-corrected chi connectivity index (χ0v) is 11.3. The summed E-state index contributed by atoms with van der Waals surface area (Å²) in [5.74, 6) is 0.581. The number of anilines is 2. The van der Waals surface area contributed by atoms with Gasteiger partial charge in [-0.15, -0.1) is 0 Å². The van der Waals surface area contributed by atoms with Crippen LogP contribution in [0.3, 0.4) is 0 Å². The first-order valence-electron chi connectivity index (χ1n) is 6.18. The van der Waals surface area contributed by atoms with Gasteiger partial charge in [0.05, 0.1) is 6.20 Å². The first-order chi connectivity index (χ1) is 8.99. The minimum absolute atomic E-state index is 0.247. The number of rotatable bonds is 3. The fourth-order valence-corrected chi connectivity index (χ4v) is 1.77. The molecule has 1 aromatic carbocycles. The number of carbonyl (C=O) groups excluding carboxylic acids is 1. The standard InChI is InChI=1S/C14H18N4O/c1-9(2)10-4-6-11(7-5-10)17-14(19)12-8-16-18(3)13(12)15/h4-9H,15H2,1-3H3,(H,17,19). The van der Waals surface area contributed by atoms with Crippen LogP contribution in [0, 0.1) is 0 Å². The van der Waals surface area contributed by atoms with Crippen LogP contribution in [0.15, 0.2) is 30.5 Å². The molecule has 0 saturated carbocycles. The largest absolute Gasteiger partial charge is 0.383 e. The first-order valence-corrected chi connectivity index (χ1v) is 6.18. The molecule has 1 heterocycles. The molecule has 0 aliphatic heterocycles. The molecule has 0 saturated heterocycles. The van der Waals surface area contributed by atoms with Crippen molar-refractivity contribution in [3.63, 3.8) is 0 Å². The van der Waals surface area contributed by atoms with Crippen molar-refractivity contribution in [3.8, 4) is 0 Å². The maximum absolute atomic E-state index is 12.0. The van der Waals surface area contributed by atoms with Gasteiger partial charge in [0.25, 0.3) is 5.91 Å². The molecule has 0 bridgehead atoms. The van der Waals surface area contributed by atoms with Crippen molar-refractivity contribution in [3.05, 3.63) is 41.6 Å². The van der Waals surface area contributed by atoms with Gasteiger partial charge >= 0.3 is 0 Å². The van der Waals surface area contributed by atoms with Crippen LogP contribution in [0.4, 0.5) is 11.5 Å². The van der Waals surface area contributed by atoms with Crippen LogP contribution >= 0.6 is 0 Å². The molecule has 19 heavy (non-hydrogen) atoms. The van der Waals surface area contributed by atoms with Crippen molar-refractivity contribution in [1.29, 1.82) is 0 Å². The number of hydrogen-bond donors (Lipinski definition) is 2. The topological polar surface area (TPSA) is 72.9 Å². The Hall–Kier alpha value is -2.30. The fourth-order valence-electron chi connectivity index (χ4n) is 1.77. The SMILES string of the molecule is CC(C)c1ccc(NC(=O)c2cnn(C)c2N)cc1. The molecule has 5 nitrogen and oxygen atoms in total. The molecule has 2 rings (SSSR count). The summed E-state index contributed by atoms with van der Waals surface area (Å²) in [5.41, 5.74) is 8.13. The van der Waals surface area contributed by atoms with E-state index in [0.29, 0.717) is 17.3 Å². The average Bonchev–Trinajstić information content (AvgIpc) is 2.70. The lowest BCUT2D eigenvalue weighted by molar-refractivity contribution is 0.102. The van der Waals surface area contributed by atoms with E-state index < -0.39 is 0 Å². The first kappa shape index (κ1) is 13.1. The predicted molar refractivity (Wildman–Crippen MR) is 76.1 cm³/mol. The third kappa shape index (κ3) is 2.76. The zero-order chi connectivity index (χ0) is 14.0. The van der Waals surface area contributed by atoms with Gasteiger partial charge in [-0.3, -0.25) is 9.48 Å². The normalized spacial score (nSPS) is 10.7.